The van der Waals surface area contributed by atoms with E-state index < -0.39 is 11.9 Å². The van der Waals surface area contributed by atoms with Crippen LogP contribution in [0.3, 0.4) is 0 Å². The number of rotatable bonds is 9. The maximum atomic E-state index is 14.5. The molecule has 2 aromatic carbocycles. The highest BCUT2D eigenvalue weighted by atomic mass is 19.1. The number of amides is 1. The fourth-order valence-electron chi connectivity index (χ4n) is 3.77. The zero-order valence-corrected chi connectivity index (χ0v) is 19.9. The Hall–Kier alpha value is -4.05. The van der Waals surface area contributed by atoms with Gasteiger partial charge in [-0.05, 0) is 36.8 Å². The predicted octanol–water partition coefficient (Wildman–Crippen LogP) is 3.48. The Balaban J connectivity index is 1.62. The van der Waals surface area contributed by atoms with Crippen LogP contribution in [0.15, 0.2) is 55.0 Å². The highest BCUT2D eigenvalue weighted by molar-refractivity contribution is 5.98. The number of halogens is 1. The summed E-state index contributed by atoms with van der Waals surface area (Å²) >= 11 is 0. The number of carbonyl (C=O) groups is 1. The molecule has 0 saturated heterocycles. The van der Waals surface area contributed by atoms with Gasteiger partial charge in [-0.3, -0.25) is 9.48 Å². The van der Waals surface area contributed by atoms with Crippen LogP contribution in [0.5, 0.6) is 5.75 Å². The molecular formula is C25H27FN6O3. The second-order valence-corrected chi connectivity index (χ2v) is 8.22. The van der Waals surface area contributed by atoms with Crippen molar-refractivity contribution in [1.82, 2.24) is 25.1 Å². The van der Waals surface area contributed by atoms with Crippen LogP contribution < -0.4 is 15.4 Å². The van der Waals surface area contributed by atoms with Crippen molar-refractivity contribution in [2.75, 3.05) is 26.1 Å². The molecule has 0 saturated carbocycles. The Bertz CT molecular complexity index is 1340. The Morgan fingerprint density at radius 1 is 1.14 bits per heavy atom. The van der Waals surface area contributed by atoms with Crippen molar-refractivity contribution in [3.63, 3.8) is 0 Å². The molecule has 2 atom stereocenters. The van der Waals surface area contributed by atoms with E-state index in [0.717, 1.165) is 5.39 Å². The van der Waals surface area contributed by atoms with Gasteiger partial charge in [-0.2, -0.15) is 5.10 Å². The minimum absolute atomic E-state index is 0.0223. The number of fused-ring (bicyclic) bond motifs is 1. The molecule has 0 radical (unpaired) electrons. The fourth-order valence-corrected chi connectivity index (χ4v) is 3.77. The maximum Gasteiger partial charge on any atom is 0.252 e. The maximum absolute atomic E-state index is 14.5. The van der Waals surface area contributed by atoms with Crippen molar-refractivity contribution < 1.29 is 18.7 Å². The van der Waals surface area contributed by atoms with Gasteiger partial charge in [0.1, 0.15) is 0 Å². The topological polar surface area (TPSA) is 103 Å². The Morgan fingerprint density at radius 2 is 1.97 bits per heavy atom. The van der Waals surface area contributed by atoms with E-state index in [4.69, 9.17) is 9.47 Å². The fraction of sp³-hybridized carbons (Fsp3) is 0.280. The van der Waals surface area contributed by atoms with Crippen LogP contribution in [-0.4, -0.2) is 52.5 Å². The quantitative estimate of drug-likeness (QED) is 0.380. The van der Waals surface area contributed by atoms with Gasteiger partial charge in [-0.15, -0.1) is 0 Å². The van der Waals surface area contributed by atoms with Crippen molar-refractivity contribution in [2.24, 2.45) is 7.05 Å². The number of methoxy groups -OCH3 is 2. The molecule has 1 unspecified atom stereocenters. The SMILES string of the molecule is COCC(C)Nc1ncc2ccc(C(=O)N[C@@H](c3ccc(OC)c(F)c3)c3cnn(C)c3)cc2n1. The predicted molar refractivity (Wildman–Crippen MR) is 130 cm³/mol. The second-order valence-electron chi connectivity index (χ2n) is 8.22. The summed E-state index contributed by atoms with van der Waals surface area (Å²) in [7, 11) is 4.81. The van der Waals surface area contributed by atoms with Gasteiger partial charge in [0.05, 0.1) is 31.5 Å². The van der Waals surface area contributed by atoms with Gasteiger partial charge < -0.3 is 20.1 Å². The number of hydrogen-bond acceptors (Lipinski definition) is 7. The molecule has 35 heavy (non-hydrogen) atoms. The monoisotopic (exact) mass is 478 g/mol. The van der Waals surface area contributed by atoms with Crippen LogP contribution in [-0.2, 0) is 11.8 Å². The molecule has 0 aliphatic heterocycles. The van der Waals surface area contributed by atoms with E-state index >= 15 is 0 Å². The average molecular weight is 479 g/mol. The van der Waals surface area contributed by atoms with Crippen LogP contribution in [0, 0.1) is 5.82 Å². The minimum Gasteiger partial charge on any atom is -0.494 e. The zero-order valence-electron chi connectivity index (χ0n) is 19.9. The summed E-state index contributed by atoms with van der Waals surface area (Å²) in [6.07, 6.45) is 5.12. The van der Waals surface area contributed by atoms with E-state index in [1.807, 2.05) is 6.92 Å². The van der Waals surface area contributed by atoms with Gasteiger partial charge in [-0.1, -0.05) is 12.1 Å². The van der Waals surface area contributed by atoms with Gasteiger partial charge >= 0.3 is 0 Å². The Labute approximate surface area is 202 Å². The molecule has 0 aliphatic rings. The van der Waals surface area contributed by atoms with Crippen LogP contribution in [0.25, 0.3) is 10.9 Å². The lowest BCUT2D eigenvalue weighted by Crippen LogP contribution is -2.29. The van der Waals surface area contributed by atoms with E-state index in [9.17, 15) is 9.18 Å². The molecule has 2 heterocycles. The van der Waals surface area contributed by atoms with Crippen LogP contribution >= 0.6 is 0 Å². The highest BCUT2D eigenvalue weighted by Gasteiger charge is 2.21. The average Bonchev–Trinajstić information content (AvgIpc) is 3.27. The van der Waals surface area contributed by atoms with Gasteiger partial charge in [0.25, 0.3) is 5.91 Å². The summed E-state index contributed by atoms with van der Waals surface area (Å²) in [6.45, 7) is 2.47. The molecule has 10 heteroatoms. The third-order valence-corrected chi connectivity index (χ3v) is 5.48. The molecule has 0 fully saturated rings. The van der Waals surface area contributed by atoms with E-state index in [2.05, 4.69) is 25.7 Å². The zero-order chi connectivity index (χ0) is 24.9. The number of nitrogens with zero attached hydrogens (tertiary/aromatic N) is 4. The summed E-state index contributed by atoms with van der Waals surface area (Å²) < 4.78 is 26.2. The first-order chi connectivity index (χ1) is 16.9. The van der Waals surface area contributed by atoms with Crippen LogP contribution in [0.1, 0.15) is 34.5 Å². The molecule has 2 N–H and O–H groups in total. The van der Waals surface area contributed by atoms with E-state index in [0.29, 0.717) is 34.8 Å². The summed E-state index contributed by atoms with van der Waals surface area (Å²) in [4.78, 5) is 22.1. The molecule has 9 nitrogen and oxygen atoms in total. The Morgan fingerprint density at radius 3 is 2.66 bits per heavy atom. The number of nitrogens with one attached hydrogen (secondary N) is 2. The summed E-state index contributed by atoms with van der Waals surface area (Å²) in [5.74, 6) is -0.277. The number of anilines is 1. The van der Waals surface area contributed by atoms with Gasteiger partial charge in [0.2, 0.25) is 5.95 Å². The molecule has 1 amide bonds. The normalized spacial score (nSPS) is 12.8. The first-order valence-electron chi connectivity index (χ1n) is 11.0. The number of aryl methyl sites for hydroxylation is 1. The number of benzene rings is 2. The number of ether oxygens (including phenoxy) is 2. The van der Waals surface area contributed by atoms with Gasteiger partial charge in [0, 0.05) is 49.1 Å². The lowest BCUT2D eigenvalue weighted by Gasteiger charge is -2.19. The molecule has 2 aromatic heterocycles. The molecule has 0 aliphatic carbocycles. The van der Waals surface area contributed by atoms with Gasteiger partial charge in [-0.25, -0.2) is 14.4 Å². The standard InChI is InChI=1S/C25H27FN6O3/c1-15(14-34-3)29-25-27-11-18-6-5-17(10-21(18)30-25)24(33)31-23(19-12-28-32(2)13-19)16-7-8-22(35-4)20(26)9-16/h5-13,15,23H,14H2,1-4H3,(H,31,33)(H,27,29,30)/t15?,23-/m0/s1. The van der Waals surface area contributed by atoms with Crippen molar-refractivity contribution in [2.45, 2.75) is 19.0 Å². The summed E-state index contributed by atoms with van der Waals surface area (Å²) in [6, 6.07) is 9.20. The molecule has 182 valence electrons. The largest absolute Gasteiger partial charge is 0.494 e. The number of aromatic nitrogens is 4. The van der Waals surface area contributed by atoms with Crippen molar-refractivity contribution in [3.05, 3.63) is 77.5 Å². The summed E-state index contributed by atoms with van der Waals surface area (Å²) in [5.41, 5.74) is 2.31. The van der Waals surface area contributed by atoms with Crippen LogP contribution in [0.2, 0.25) is 0 Å². The lowest BCUT2D eigenvalue weighted by atomic mass is 10.0. The number of hydrogen-bond donors (Lipinski definition) is 2. The number of carbonyl (C=O) groups excluding carboxylic acids is 1. The first kappa shape index (κ1) is 24.1. The smallest absolute Gasteiger partial charge is 0.252 e. The summed E-state index contributed by atoms with van der Waals surface area (Å²) in [5, 5.41) is 11.2. The Kier molecular flexibility index (Phi) is 7.21. The molecule has 0 bridgehead atoms. The van der Waals surface area contributed by atoms with Crippen LogP contribution in [0.4, 0.5) is 10.3 Å². The highest BCUT2D eigenvalue weighted by Crippen LogP contribution is 2.27. The lowest BCUT2D eigenvalue weighted by molar-refractivity contribution is 0.0943. The third kappa shape index (κ3) is 5.55. The molecule has 4 rings (SSSR count). The van der Waals surface area contributed by atoms with Crippen molar-refractivity contribution in [3.8, 4) is 5.75 Å². The molecular weight excluding hydrogens is 451 g/mol. The van der Waals surface area contributed by atoms with Crippen molar-refractivity contribution >= 4 is 22.8 Å². The third-order valence-electron chi connectivity index (χ3n) is 5.48. The first-order valence-corrected chi connectivity index (χ1v) is 11.0. The minimum atomic E-state index is -0.621. The molecule has 4 aromatic rings. The van der Waals surface area contributed by atoms with E-state index in [-0.39, 0.29) is 17.7 Å². The van der Waals surface area contributed by atoms with E-state index in [1.54, 1.807) is 61.7 Å². The second kappa shape index (κ2) is 10.5. The van der Waals surface area contributed by atoms with E-state index in [1.165, 1.54) is 19.2 Å². The van der Waals surface area contributed by atoms with Gasteiger partial charge in [0.15, 0.2) is 11.6 Å². The van der Waals surface area contributed by atoms with Crippen molar-refractivity contribution in [1.29, 1.82) is 0 Å². The molecule has 0 spiro atoms.